The quantitative estimate of drug-likeness (QED) is 0.570. The first-order valence-electron chi connectivity index (χ1n) is 5.67. The maximum absolute atomic E-state index is 11.7. The molecule has 0 radical (unpaired) electrons. The van der Waals surface area contributed by atoms with Crippen LogP contribution in [0.4, 0.5) is 5.69 Å². The van der Waals surface area contributed by atoms with E-state index >= 15 is 0 Å². The van der Waals surface area contributed by atoms with E-state index in [9.17, 15) is 9.59 Å². The lowest BCUT2D eigenvalue weighted by atomic mass is 10.0. The summed E-state index contributed by atoms with van der Waals surface area (Å²) in [5.74, 6) is -0.568. The second-order valence-corrected chi connectivity index (χ2v) is 5.56. The molecule has 1 aliphatic heterocycles. The number of anilines is 1. The molecule has 2 rings (SSSR count). The average Bonchev–Trinajstić information content (AvgIpc) is 2.34. The Labute approximate surface area is 124 Å². The van der Waals surface area contributed by atoms with Gasteiger partial charge in [0, 0.05) is 22.1 Å². The fourth-order valence-electron chi connectivity index (χ4n) is 1.87. The number of rotatable bonds is 3. The predicted octanol–water partition coefficient (Wildman–Crippen LogP) is 1.30. The highest BCUT2D eigenvalue weighted by atomic mass is 79.9. The first-order chi connectivity index (χ1) is 8.97. The minimum Gasteiger partial charge on any atom is -0.389 e. The number of carbonyl (C=O) groups is 2. The van der Waals surface area contributed by atoms with Crippen LogP contribution in [0.2, 0.25) is 0 Å². The molecule has 1 aliphatic rings. The number of imide groups is 1. The number of amides is 2. The van der Waals surface area contributed by atoms with Crippen molar-refractivity contribution in [2.24, 2.45) is 5.73 Å². The second kappa shape index (κ2) is 5.66. The Kier molecular flexibility index (Phi) is 4.16. The molecule has 7 heteroatoms. The van der Waals surface area contributed by atoms with E-state index in [0.717, 1.165) is 4.47 Å². The van der Waals surface area contributed by atoms with Crippen molar-refractivity contribution in [2.75, 3.05) is 5.32 Å². The molecular formula is C12H12BrN3O2S. The van der Waals surface area contributed by atoms with Gasteiger partial charge in [-0.3, -0.25) is 14.9 Å². The summed E-state index contributed by atoms with van der Waals surface area (Å²) in [6.45, 7) is 0. The molecule has 2 amide bonds. The van der Waals surface area contributed by atoms with Gasteiger partial charge in [-0.2, -0.15) is 0 Å². The minimum atomic E-state index is -0.452. The van der Waals surface area contributed by atoms with E-state index in [1.807, 2.05) is 6.07 Å². The Bertz CT molecular complexity index is 562. The maximum Gasteiger partial charge on any atom is 0.249 e. The summed E-state index contributed by atoms with van der Waals surface area (Å²) in [6.07, 6.45) is 0.778. The van der Waals surface area contributed by atoms with Gasteiger partial charge in [0.1, 0.15) is 11.0 Å². The van der Waals surface area contributed by atoms with Gasteiger partial charge in [-0.1, -0.05) is 28.1 Å². The minimum absolute atomic E-state index is 0.242. The Balaban J connectivity index is 2.21. The van der Waals surface area contributed by atoms with E-state index in [4.69, 9.17) is 18.0 Å². The van der Waals surface area contributed by atoms with Gasteiger partial charge in [0.05, 0.1) is 0 Å². The third-order valence-electron chi connectivity index (χ3n) is 2.82. The van der Waals surface area contributed by atoms with Crippen LogP contribution in [0.3, 0.4) is 0 Å². The molecule has 1 heterocycles. The summed E-state index contributed by atoms with van der Waals surface area (Å²) >= 11 is 8.33. The van der Waals surface area contributed by atoms with Gasteiger partial charge in [0.25, 0.3) is 0 Å². The van der Waals surface area contributed by atoms with Crippen LogP contribution in [0.25, 0.3) is 0 Å². The standard InChI is InChI=1S/C12H12BrN3O2S/c13-6-1-2-8(7(5-6)11(14)19)15-9-3-4-10(17)16-12(9)18/h1-2,5,9,15H,3-4H2,(H2,14,19)(H,16,17,18). The van der Waals surface area contributed by atoms with Crippen LogP contribution in [-0.2, 0) is 9.59 Å². The van der Waals surface area contributed by atoms with Crippen LogP contribution >= 0.6 is 28.1 Å². The van der Waals surface area contributed by atoms with E-state index in [-0.39, 0.29) is 16.8 Å². The number of thiocarbonyl (C=S) groups is 1. The van der Waals surface area contributed by atoms with Crippen molar-refractivity contribution in [1.82, 2.24) is 5.32 Å². The molecule has 4 N–H and O–H groups in total. The van der Waals surface area contributed by atoms with Crippen molar-refractivity contribution in [3.8, 4) is 0 Å². The van der Waals surface area contributed by atoms with Gasteiger partial charge in [-0.15, -0.1) is 0 Å². The van der Waals surface area contributed by atoms with Crippen LogP contribution in [0.1, 0.15) is 18.4 Å². The lowest BCUT2D eigenvalue weighted by molar-refractivity contribution is -0.133. The van der Waals surface area contributed by atoms with Crippen LogP contribution in [0.15, 0.2) is 22.7 Å². The molecule has 5 nitrogen and oxygen atoms in total. The van der Waals surface area contributed by atoms with Gasteiger partial charge in [-0.05, 0) is 24.6 Å². The molecule has 1 aromatic rings. The monoisotopic (exact) mass is 341 g/mol. The molecule has 0 aliphatic carbocycles. The average molecular weight is 342 g/mol. The summed E-state index contributed by atoms with van der Waals surface area (Å²) in [5, 5.41) is 5.37. The molecule has 100 valence electrons. The normalized spacial score (nSPS) is 18.9. The van der Waals surface area contributed by atoms with Gasteiger partial charge >= 0.3 is 0 Å². The molecule has 1 aromatic carbocycles. The van der Waals surface area contributed by atoms with Gasteiger partial charge in [-0.25, -0.2) is 0 Å². The van der Waals surface area contributed by atoms with E-state index < -0.39 is 6.04 Å². The summed E-state index contributed by atoms with van der Waals surface area (Å²) in [7, 11) is 0. The van der Waals surface area contributed by atoms with Crippen molar-refractivity contribution in [2.45, 2.75) is 18.9 Å². The van der Waals surface area contributed by atoms with E-state index in [0.29, 0.717) is 24.1 Å². The molecule has 1 fully saturated rings. The topological polar surface area (TPSA) is 84.2 Å². The molecule has 1 unspecified atom stereocenters. The van der Waals surface area contributed by atoms with Gasteiger partial charge in [0.2, 0.25) is 11.8 Å². The number of hydrogen-bond donors (Lipinski definition) is 3. The van der Waals surface area contributed by atoms with Gasteiger partial charge in [0.15, 0.2) is 0 Å². The maximum atomic E-state index is 11.7. The van der Waals surface area contributed by atoms with Crippen molar-refractivity contribution in [3.63, 3.8) is 0 Å². The predicted molar refractivity (Wildman–Crippen MR) is 79.8 cm³/mol. The fraction of sp³-hybridized carbons (Fsp3) is 0.250. The van der Waals surface area contributed by atoms with E-state index in [1.165, 1.54) is 0 Å². The highest BCUT2D eigenvalue weighted by molar-refractivity contribution is 9.10. The van der Waals surface area contributed by atoms with Crippen LogP contribution in [-0.4, -0.2) is 22.8 Å². The number of nitrogens with one attached hydrogen (secondary N) is 2. The van der Waals surface area contributed by atoms with E-state index in [1.54, 1.807) is 12.1 Å². The summed E-state index contributed by atoms with van der Waals surface area (Å²) in [5.41, 5.74) is 7.01. The molecule has 0 spiro atoms. The summed E-state index contributed by atoms with van der Waals surface area (Å²) < 4.78 is 0.851. The zero-order valence-corrected chi connectivity index (χ0v) is 12.3. The summed E-state index contributed by atoms with van der Waals surface area (Å²) in [6, 6.07) is 4.96. The molecular weight excluding hydrogens is 330 g/mol. The molecule has 1 saturated heterocycles. The van der Waals surface area contributed by atoms with Crippen molar-refractivity contribution in [1.29, 1.82) is 0 Å². The van der Waals surface area contributed by atoms with Crippen LogP contribution < -0.4 is 16.4 Å². The largest absolute Gasteiger partial charge is 0.389 e. The van der Waals surface area contributed by atoms with E-state index in [2.05, 4.69) is 26.6 Å². The molecule has 0 bridgehead atoms. The molecule has 0 aromatic heterocycles. The number of carbonyl (C=O) groups excluding carboxylic acids is 2. The fourth-order valence-corrected chi connectivity index (χ4v) is 2.40. The Morgan fingerprint density at radius 3 is 2.84 bits per heavy atom. The zero-order chi connectivity index (χ0) is 14.0. The molecule has 19 heavy (non-hydrogen) atoms. The third-order valence-corrected chi connectivity index (χ3v) is 3.53. The van der Waals surface area contributed by atoms with Crippen LogP contribution in [0.5, 0.6) is 0 Å². The zero-order valence-electron chi connectivity index (χ0n) is 9.90. The first kappa shape index (κ1) is 14.0. The highest BCUT2D eigenvalue weighted by Gasteiger charge is 2.26. The number of piperidine rings is 1. The number of benzene rings is 1. The van der Waals surface area contributed by atoms with Crippen molar-refractivity contribution >= 4 is 50.6 Å². The van der Waals surface area contributed by atoms with Crippen molar-refractivity contribution < 1.29 is 9.59 Å². The number of halogens is 1. The van der Waals surface area contributed by atoms with Crippen LogP contribution in [0, 0.1) is 0 Å². The third kappa shape index (κ3) is 3.30. The van der Waals surface area contributed by atoms with Gasteiger partial charge < -0.3 is 11.1 Å². The lowest BCUT2D eigenvalue weighted by Gasteiger charge is -2.24. The number of hydrogen-bond acceptors (Lipinski definition) is 4. The first-order valence-corrected chi connectivity index (χ1v) is 6.87. The second-order valence-electron chi connectivity index (χ2n) is 4.20. The summed E-state index contributed by atoms with van der Waals surface area (Å²) in [4.78, 5) is 23.0. The SMILES string of the molecule is NC(=S)c1cc(Br)ccc1NC1CCC(=O)NC1=O. The Morgan fingerprint density at radius 1 is 1.47 bits per heavy atom. The molecule has 0 saturated carbocycles. The van der Waals surface area contributed by atoms with Crippen molar-refractivity contribution in [3.05, 3.63) is 28.2 Å². The molecule has 1 atom stereocenters. The Hall–Kier alpha value is -1.47. The Morgan fingerprint density at radius 2 is 2.21 bits per heavy atom. The number of nitrogens with two attached hydrogens (primary N) is 1. The smallest absolute Gasteiger partial charge is 0.249 e. The highest BCUT2D eigenvalue weighted by Crippen LogP contribution is 2.23. The lowest BCUT2D eigenvalue weighted by Crippen LogP contribution is -2.47.